The lowest BCUT2D eigenvalue weighted by atomic mass is 10.1. The fourth-order valence-electron chi connectivity index (χ4n) is 3.64. The van der Waals surface area contributed by atoms with Crippen LogP contribution in [0.3, 0.4) is 0 Å². The zero-order valence-corrected chi connectivity index (χ0v) is 16.9. The number of nitrogens with zero attached hydrogens (tertiary/aromatic N) is 2. The minimum absolute atomic E-state index is 0.0284. The Bertz CT molecular complexity index is 1240. The molecule has 0 amide bonds. The number of aromatic nitrogens is 1. The van der Waals surface area contributed by atoms with E-state index in [2.05, 4.69) is 0 Å². The summed E-state index contributed by atoms with van der Waals surface area (Å²) in [6, 6.07) is 11.8. The predicted octanol–water partition coefficient (Wildman–Crippen LogP) is 3.49. The molecule has 1 N–H and O–H groups in total. The van der Waals surface area contributed by atoms with Crippen LogP contribution in [0.5, 0.6) is 0 Å². The van der Waals surface area contributed by atoms with Crippen LogP contribution < -0.4 is 0 Å². The van der Waals surface area contributed by atoms with E-state index in [0.29, 0.717) is 27.6 Å². The largest absolute Gasteiger partial charge is 0.468 e. The number of furan rings is 1. The molecule has 1 atom stereocenters. The average Bonchev–Trinajstić information content (AvgIpc) is 3.27. The summed E-state index contributed by atoms with van der Waals surface area (Å²) in [6.45, 7) is -0.276. The van der Waals surface area contributed by atoms with E-state index in [4.69, 9.17) is 4.42 Å². The maximum atomic E-state index is 13.9. The maximum absolute atomic E-state index is 13.9. The summed E-state index contributed by atoms with van der Waals surface area (Å²) in [5.74, 6) is -0.483. The third-order valence-electron chi connectivity index (χ3n) is 4.98. The summed E-state index contributed by atoms with van der Waals surface area (Å²) in [6.07, 6.45) is 1.36. The van der Waals surface area contributed by atoms with Crippen molar-refractivity contribution in [2.24, 2.45) is 0 Å². The van der Waals surface area contributed by atoms with Gasteiger partial charge in [-0.2, -0.15) is 4.31 Å². The van der Waals surface area contributed by atoms with Crippen LogP contribution in [0.25, 0.3) is 21.8 Å². The van der Waals surface area contributed by atoms with Gasteiger partial charge in [0.25, 0.3) is 0 Å². The lowest BCUT2D eigenvalue weighted by Gasteiger charge is -2.23. The molecule has 30 heavy (non-hydrogen) atoms. The minimum Gasteiger partial charge on any atom is -0.468 e. The molecule has 2 aromatic heterocycles. The topological polar surface area (TPSA) is 75.7 Å². The Morgan fingerprint density at radius 3 is 2.17 bits per heavy atom. The number of aliphatic hydroxyl groups excluding tert-OH is 1. The van der Waals surface area contributed by atoms with Gasteiger partial charge in [-0.15, -0.1) is 0 Å². The molecule has 6 nitrogen and oxygen atoms in total. The van der Waals surface area contributed by atoms with Gasteiger partial charge in [0.05, 0.1) is 42.7 Å². The summed E-state index contributed by atoms with van der Waals surface area (Å²) >= 11 is 0. The number of rotatable bonds is 7. The Kier molecular flexibility index (Phi) is 5.35. The van der Waals surface area contributed by atoms with E-state index < -0.39 is 27.8 Å². The second-order valence-corrected chi connectivity index (χ2v) is 9.20. The van der Waals surface area contributed by atoms with Crippen molar-refractivity contribution < 1.29 is 26.7 Å². The summed E-state index contributed by atoms with van der Waals surface area (Å²) in [5.41, 5.74) is 0.984. The first kappa shape index (κ1) is 20.5. The SMILES string of the molecule is CS(=O)(=O)N(Cc1ccco1)CC(O)Cn1c2cc(F)ccc2c2ccc(F)cc21. The molecule has 0 aliphatic heterocycles. The highest BCUT2D eigenvalue weighted by molar-refractivity contribution is 7.88. The fraction of sp³-hybridized carbons (Fsp3) is 0.238. The van der Waals surface area contributed by atoms with Gasteiger partial charge in [0.2, 0.25) is 10.0 Å². The maximum Gasteiger partial charge on any atom is 0.211 e. The molecule has 4 rings (SSSR count). The predicted molar refractivity (Wildman–Crippen MR) is 109 cm³/mol. The van der Waals surface area contributed by atoms with Crippen LogP contribution in [-0.4, -0.2) is 41.3 Å². The zero-order chi connectivity index (χ0) is 21.5. The summed E-state index contributed by atoms with van der Waals surface area (Å²) in [5, 5.41) is 12.1. The van der Waals surface area contributed by atoms with E-state index in [0.717, 1.165) is 10.6 Å². The molecule has 9 heteroatoms. The number of benzene rings is 2. The first-order chi connectivity index (χ1) is 14.2. The van der Waals surface area contributed by atoms with Crippen molar-refractivity contribution in [3.05, 3.63) is 72.2 Å². The average molecular weight is 434 g/mol. The van der Waals surface area contributed by atoms with Crippen molar-refractivity contribution in [2.45, 2.75) is 19.2 Å². The molecule has 2 heterocycles. The molecule has 0 saturated heterocycles. The molecular weight excluding hydrogens is 414 g/mol. The van der Waals surface area contributed by atoms with Gasteiger partial charge in [-0.1, -0.05) is 0 Å². The van der Waals surface area contributed by atoms with Crippen LogP contribution in [0, 0.1) is 11.6 Å². The molecule has 158 valence electrons. The second-order valence-electron chi connectivity index (χ2n) is 7.22. The van der Waals surface area contributed by atoms with Gasteiger partial charge in [-0.25, -0.2) is 17.2 Å². The van der Waals surface area contributed by atoms with Crippen LogP contribution in [0.15, 0.2) is 59.2 Å². The van der Waals surface area contributed by atoms with Gasteiger partial charge in [-0.3, -0.25) is 0 Å². The molecule has 0 radical (unpaired) electrons. The van der Waals surface area contributed by atoms with Gasteiger partial charge in [0, 0.05) is 17.3 Å². The third kappa shape index (κ3) is 4.09. The number of hydrogen-bond acceptors (Lipinski definition) is 4. The van der Waals surface area contributed by atoms with E-state index in [1.54, 1.807) is 28.8 Å². The Balaban J connectivity index is 1.68. The standard InChI is InChI=1S/C21H20F2N2O4S/c1-30(27,28)24(13-17-3-2-8-29-17)11-16(26)12-25-20-9-14(22)4-6-18(20)19-7-5-15(23)10-21(19)25/h2-10,16,26H,11-13H2,1H3. The van der Waals surface area contributed by atoms with E-state index in [-0.39, 0.29) is 19.6 Å². The highest BCUT2D eigenvalue weighted by Crippen LogP contribution is 2.30. The summed E-state index contributed by atoms with van der Waals surface area (Å²) in [4.78, 5) is 0. The molecular formula is C21H20F2N2O4S. The van der Waals surface area contributed by atoms with Gasteiger partial charge >= 0.3 is 0 Å². The molecule has 0 aliphatic rings. The summed E-state index contributed by atoms with van der Waals surface area (Å²) in [7, 11) is -3.63. The van der Waals surface area contributed by atoms with Crippen LogP contribution in [0.2, 0.25) is 0 Å². The zero-order valence-electron chi connectivity index (χ0n) is 16.1. The van der Waals surface area contributed by atoms with Crippen LogP contribution in [-0.2, 0) is 23.1 Å². The van der Waals surface area contributed by atoms with Gasteiger partial charge in [0.15, 0.2) is 0 Å². The number of halogens is 2. The van der Waals surface area contributed by atoms with Crippen LogP contribution >= 0.6 is 0 Å². The highest BCUT2D eigenvalue weighted by Gasteiger charge is 2.23. The van der Waals surface area contributed by atoms with Crippen molar-refractivity contribution in [1.29, 1.82) is 0 Å². The van der Waals surface area contributed by atoms with E-state index in [1.165, 1.54) is 30.5 Å². The van der Waals surface area contributed by atoms with Gasteiger partial charge < -0.3 is 14.1 Å². The van der Waals surface area contributed by atoms with E-state index >= 15 is 0 Å². The fourth-order valence-corrected chi connectivity index (χ4v) is 4.44. The van der Waals surface area contributed by atoms with E-state index in [9.17, 15) is 22.3 Å². The van der Waals surface area contributed by atoms with Crippen LogP contribution in [0.1, 0.15) is 5.76 Å². The molecule has 0 bridgehead atoms. The molecule has 0 fully saturated rings. The Morgan fingerprint density at radius 1 is 1.07 bits per heavy atom. The second kappa shape index (κ2) is 7.82. The first-order valence-electron chi connectivity index (χ1n) is 9.25. The van der Waals surface area contributed by atoms with Crippen LogP contribution in [0.4, 0.5) is 8.78 Å². The third-order valence-corrected chi connectivity index (χ3v) is 6.20. The molecule has 4 aromatic rings. The molecule has 0 saturated carbocycles. The lowest BCUT2D eigenvalue weighted by molar-refractivity contribution is 0.127. The van der Waals surface area contributed by atoms with Crippen molar-refractivity contribution in [3.8, 4) is 0 Å². The number of hydrogen-bond donors (Lipinski definition) is 1. The Morgan fingerprint density at radius 2 is 1.67 bits per heavy atom. The smallest absolute Gasteiger partial charge is 0.211 e. The quantitative estimate of drug-likeness (QED) is 0.483. The van der Waals surface area contributed by atoms with E-state index in [1.807, 2.05) is 0 Å². The lowest BCUT2D eigenvalue weighted by Crippen LogP contribution is -2.38. The molecule has 1 unspecified atom stereocenters. The Labute approximate surface area is 172 Å². The normalized spacial score (nSPS) is 13.5. The Hall–Kier alpha value is -2.75. The van der Waals surface area contributed by atoms with Gasteiger partial charge in [-0.05, 0) is 48.5 Å². The monoisotopic (exact) mass is 434 g/mol. The molecule has 0 spiro atoms. The van der Waals surface area contributed by atoms with Crippen molar-refractivity contribution >= 4 is 31.8 Å². The molecule has 2 aromatic carbocycles. The minimum atomic E-state index is -3.63. The molecule has 0 aliphatic carbocycles. The van der Waals surface area contributed by atoms with Gasteiger partial charge in [0.1, 0.15) is 17.4 Å². The van der Waals surface area contributed by atoms with Crippen molar-refractivity contribution in [1.82, 2.24) is 8.87 Å². The summed E-state index contributed by atoms with van der Waals surface area (Å²) < 4.78 is 60.1. The number of fused-ring (bicyclic) bond motifs is 3. The van der Waals surface area contributed by atoms with Crippen molar-refractivity contribution in [2.75, 3.05) is 12.8 Å². The highest BCUT2D eigenvalue weighted by atomic mass is 32.2. The number of aliphatic hydroxyl groups is 1. The first-order valence-corrected chi connectivity index (χ1v) is 11.1. The van der Waals surface area contributed by atoms with Crippen molar-refractivity contribution in [3.63, 3.8) is 0 Å². The number of sulfonamides is 1.